The second-order valence-electron chi connectivity index (χ2n) is 9.90. The third-order valence-corrected chi connectivity index (χ3v) is 8.98. The monoisotopic (exact) mass is 528 g/mol. The molecule has 2 heterocycles. The summed E-state index contributed by atoms with van der Waals surface area (Å²) in [6.45, 7) is 5.00. The van der Waals surface area contributed by atoms with E-state index in [4.69, 9.17) is 5.10 Å². The molecule has 0 atom stereocenters. The number of nitrogens with zero attached hydrogens (tertiary/aromatic N) is 4. The second-order valence-corrected chi connectivity index (χ2v) is 11.8. The predicted octanol–water partition coefficient (Wildman–Crippen LogP) is 5.14. The molecular weight excluding hydrogens is 496 g/mol. The Morgan fingerprint density at radius 3 is 2.21 bits per heavy atom. The molecule has 0 aliphatic carbocycles. The lowest BCUT2D eigenvalue weighted by molar-refractivity contribution is 0.0984. The molecule has 1 aliphatic rings. The first-order valence-electron chi connectivity index (χ1n) is 12.8. The van der Waals surface area contributed by atoms with Crippen LogP contribution in [0, 0.1) is 0 Å². The van der Waals surface area contributed by atoms with Crippen molar-refractivity contribution in [3.63, 3.8) is 0 Å². The van der Waals surface area contributed by atoms with Gasteiger partial charge in [-0.1, -0.05) is 62.4 Å². The molecule has 4 aromatic rings. The SMILES string of the molecule is CC(C)c1ccc(S(=O)(=O)N2CCc3c(c(CN(C(=O)c4ccccc4)c4ccccc4)nn3C)C2)cc1. The van der Waals surface area contributed by atoms with Crippen LogP contribution in [0.1, 0.15) is 52.6 Å². The van der Waals surface area contributed by atoms with E-state index in [0.29, 0.717) is 35.0 Å². The molecule has 7 nitrogen and oxygen atoms in total. The van der Waals surface area contributed by atoms with Crippen molar-refractivity contribution < 1.29 is 13.2 Å². The van der Waals surface area contributed by atoms with Crippen molar-refractivity contribution in [1.29, 1.82) is 0 Å². The Kier molecular flexibility index (Phi) is 7.19. The highest BCUT2D eigenvalue weighted by Gasteiger charge is 2.33. The molecule has 0 unspecified atom stereocenters. The van der Waals surface area contributed by atoms with Crippen LogP contribution >= 0.6 is 0 Å². The number of benzene rings is 3. The minimum atomic E-state index is -3.68. The van der Waals surface area contributed by atoms with Crippen molar-refractivity contribution >= 4 is 21.6 Å². The van der Waals surface area contributed by atoms with E-state index in [1.165, 1.54) is 4.31 Å². The van der Waals surface area contributed by atoms with Crippen molar-refractivity contribution in [2.75, 3.05) is 11.4 Å². The summed E-state index contributed by atoms with van der Waals surface area (Å²) < 4.78 is 30.5. The van der Waals surface area contributed by atoms with Crippen LogP contribution in [0.15, 0.2) is 89.8 Å². The molecule has 38 heavy (non-hydrogen) atoms. The molecule has 8 heteroatoms. The van der Waals surface area contributed by atoms with E-state index in [-0.39, 0.29) is 19.0 Å². The van der Waals surface area contributed by atoms with Crippen LogP contribution in [0.4, 0.5) is 5.69 Å². The third kappa shape index (κ3) is 5.01. The van der Waals surface area contributed by atoms with E-state index in [1.807, 2.05) is 72.4 Å². The van der Waals surface area contributed by atoms with Gasteiger partial charge in [-0.05, 0) is 47.9 Å². The molecule has 1 aliphatic heterocycles. The maximum atomic E-state index is 13.6. The van der Waals surface area contributed by atoms with Crippen LogP contribution in [-0.4, -0.2) is 35.0 Å². The molecule has 1 amide bonds. The first kappa shape index (κ1) is 25.9. The van der Waals surface area contributed by atoms with Gasteiger partial charge >= 0.3 is 0 Å². The number of para-hydroxylation sites is 1. The lowest BCUT2D eigenvalue weighted by Gasteiger charge is -2.28. The summed E-state index contributed by atoms with van der Waals surface area (Å²) in [6.07, 6.45) is 0.556. The fourth-order valence-corrected chi connectivity index (χ4v) is 6.33. The van der Waals surface area contributed by atoms with Gasteiger partial charge in [0.25, 0.3) is 5.91 Å². The Bertz CT molecular complexity index is 1530. The lowest BCUT2D eigenvalue weighted by Crippen LogP contribution is -2.37. The number of anilines is 1. The number of carbonyl (C=O) groups excluding carboxylic acids is 1. The van der Waals surface area contributed by atoms with Crippen molar-refractivity contribution in [2.45, 2.75) is 44.2 Å². The molecule has 0 radical (unpaired) electrons. The summed E-state index contributed by atoms with van der Waals surface area (Å²) in [4.78, 5) is 15.6. The van der Waals surface area contributed by atoms with E-state index < -0.39 is 10.0 Å². The van der Waals surface area contributed by atoms with Gasteiger partial charge in [0.15, 0.2) is 0 Å². The summed E-state index contributed by atoms with van der Waals surface area (Å²) >= 11 is 0. The van der Waals surface area contributed by atoms with Crippen LogP contribution in [-0.2, 0) is 36.6 Å². The molecule has 1 aromatic heterocycles. The Morgan fingerprint density at radius 2 is 1.58 bits per heavy atom. The van der Waals surface area contributed by atoms with Crippen LogP contribution in [0.5, 0.6) is 0 Å². The Morgan fingerprint density at radius 1 is 0.947 bits per heavy atom. The zero-order valence-electron chi connectivity index (χ0n) is 21.9. The molecule has 0 saturated heterocycles. The summed E-state index contributed by atoms with van der Waals surface area (Å²) in [7, 11) is -1.80. The zero-order chi connectivity index (χ0) is 26.9. The highest BCUT2D eigenvalue weighted by molar-refractivity contribution is 7.89. The molecular formula is C30H32N4O3S. The van der Waals surface area contributed by atoms with E-state index in [1.54, 1.807) is 29.2 Å². The summed E-state index contributed by atoms with van der Waals surface area (Å²) in [5.41, 5.74) is 5.00. The van der Waals surface area contributed by atoms with E-state index >= 15 is 0 Å². The van der Waals surface area contributed by atoms with Gasteiger partial charge in [0.1, 0.15) is 0 Å². The fourth-order valence-electron chi connectivity index (χ4n) is 4.93. The minimum absolute atomic E-state index is 0.137. The van der Waals surface area contributed by atoms with Gasteiger partial charge < -0.3 is 4.90 Å². The molecule has 0 spiro atoms. The summed E-state index contributed by atoms with van der Waals surface area (Å²) in [5, 5.41) is 4.76. The van der Waals surface area contributed by atoms with Crippen molar-refractivity contribution in [2.24, 2.45) is 7.05 Å². The first-order chi connectivity index (χ1) is 18.3. The van der Waals surface area contributed by atoms with Crippen LogP contribution < -0.4 is 4.90 Å². The Labute approximate surface area is 224 Å². The van der Waals surface area contributed by atoms with Crippen molar-refractivity contribution in [3.8, 4) is 0 Å². The standard InChI is InChI=1S/C30H32N4O3S/c1-22(2)23-14-16-26(17-15-23)38(36,37)33-19-18-29-27(20-33)28(31-32(29)3)21-34(25-12-8-5-9-13-25)30(35)24-10-6-4-7-11-24/h4-17,22H,18-21H2,1-3H3. The van der Waals surface area contributed by atoms with Gasteiger partial charge in [0.05, 0.1) is 17.1 Å². The van der Waals surface area contributed by atoms with Gasteiger partial charge in [-0.3, -0.25) is 9.48 Å². The minimum Gasteiger partial charge on any atom is -0.302 e. The Balaban J connectivity index is 1.47. The maximum absolute atomic E-state index is 13.6. The number of sulfonamides is 1. The van der Waals surface area contributed by atoms with Gasteiger partial charge in [-0.2, -0.15) is 9.40 Å². The molecule has 0 fully saturated rings. The average molecular weight is 529 g/mol. The largest absolute Gasteiger partial charge is 0.302 e. The van der Waals surface area contributed by atoms with Crippen molar-refractivity contribution in [3.05, 3.63) is 113 Å². The highest BCUT2D eigenvalue weighted by Crippen LogP contribution is 2.30. The average Bonchev–Trinajstić information content (AvgIpc) is 3.26. The lowest BCUT2D eigenvalue weighted by atomic mass is 10.0. The van der Waals surface area contributed by atoms with Crippen LogP contribution in [0.25, 0.3) is 0 Å². The van der Waals surface area contributed by atoms with E-state index in [9.17, 15) is 13.2 Å². The summed E-state index contributed by atoms with van der Waals surface area (Å²) in [6, 6.07) is 25.8. The predicted molar refractivity (Wildman–Crippen MR) is 148 cm³/mol. The van der Waals surface area contributed by atoms with Crippen LogP contribution in [0.3, 0.4) is 0 Å². The molecule has 0 saturated carbocycles. The van der Waals surface area contributed by atoms with Gasteiger partial charge in [0.2, 0.25) is 10.0 Å². The maximum Gasteiger partial charge on any atom is 0.258 e. The number of fused-ring (bicyclic) bond motifs is 1. The van der Waals surface area contributed by atoms with E-state index in [0.717, 1.165) is 22.5 Å². The number of hydrogen-bond donors (Lipinski definition) is 0. The number of aryl methyl sites for hydroxylation is 1. The van der Waals surface area contributed by atoms with Gasteiger partial charge in [-0.15, -0.1) is 0 Å². The second kappa shape index (κ2) is 10.6. The number of hydrogen-bond acceptors (Lipinski definition) is 4. The van der Waals surface area contributed by atoms with Gasteiger partial charge in [-0.25, -0.2) is 8.42 Å². The molecule has 196 valence electrons. The topological polar surface area (TPSA) is 75.5 Å². The van der Waals surface area contributed by atoms with Gasteiger partial charge in [0, 0.05) is 49.1 Å². The molecule has 0 N–H and O–H groups in total. The number of rotatable bonds is 7. The summed E-state index contributed by atoms with van der Waals surface area (Å²) in [5.74, 6) is 0.190. The zero-order valence-corrected chi connectivity index (χ0v) is 22.7. The number of amides is 1. The molecule has 5 rings (SSSR count). The Hall–Kier alpha value is -3.75. The quantitative estimate of drug-likeness (QED) is 0.333. The third-order valence-electron chi connectivity index (χ3n) is 7.12. The number of carbonyl (C=O) groups is 1. The van der Waals surface area contributed by atoms with Crippen LogP contribution in [0.2, 0.25) is 0 Å². The normalized spacial score (nSPS) is 13.9. The van der Waals surface area contributed by atoms with Crippen molar-refractivity contribution in [1.82, 2.24) is 14.1 Å². The smallest absolute Gasteiger partial charge is 0.258 e. The first-order valence-corrected chi connectivity index (χ1v) is 14.3. The molecule has 3 aromatic carbocycles. The molecule has 0 bridgehead atoms. The van der Waals surface area contributed by atoms with E-state index in [2.05, 4.69) is 13.8 Å². The number of aromatic nitrogens is 2. The highest BCUT2D eigenvalue weighted by atomic mass is 32.2. The fraction of sp³-hybridized carbons (Fsp3) is 0.267.